The molecule has 1 unspecified atom stereocenters. The van der Waals surface area contributed by atoms with Gasteiger partial charge < -0.3 is 4.90 Å². The summed E-state index contributed by atoms with van der Waals surface area (Å²) in [5.74, 6) is 0. The van der Waals surface area contributed by atoms with E-state index in [-0.39, 0.29) is 0 Å². The molecular formula is C7H14N2. The van der Waals surface area contributed by atoms with Crippen LogP contribution in [-0.4, -0.2) is 24.7 Å². The summed E-state index contributed by atoms with van der Waals surface area (Å²) in [4.78, 5) is 2.20. The second-order valence-corrected chi connectivity index (χ2v) is 2.38. The summed E-state index contributed by atoms with van der Waals surface area (Å²) in [6, 6.07) is 0. The lowest BCUT2D eigenvalue weighted by molar-refractivity contribution is 0.261. The van der Waals surface area contributed by atoms with Gasteiger partial charge in [0.1, 0.15) is 0 Å². The van der Waals surface area contributed by atoms with Gasteiger partial charge in [0, 0.05) is 13.6 Å². The Balaban J connectivity index is 2.44. The number of hydrogen-bond acceptors (Lipinski definition) is 2. The van der Waals surface area contributed by atoms with Crippen LogP contribution in [-0.2, 0) is 0 Å². The summed E-state index contributed by atoms with van der Waals surface area (Å²) in [5, 5.41) is 3.36. The quantitative estimate of drug-likeness (QED) is 0.558. The maximum Gasteiger partial charge on any atom is 0.0786 e. The second-order valence-electron chi connectivity index (χ2n) is 2.38. The maximum absolute atomic E-state index is 3.36. The van der Waals surface area contributed by atoms with Gasteiger partial charge in [-0.3, -0.25) is 5.32 Å². The summed E-state index contributed by atoms with van der Waals surface area (Å²) in [6.45, 7) is 3.20. The van der Waals surface area contributed by atoms with Crippen LogP contribution in [0.3, 0.4) is 0 Å². The van der Waals surface area contributed by atoms with E-state index in [0.717, 1.165) is 6.54 Å². The van der Waals surface area contributed by atoms with Crippen LogP contribution in [0.2, 0.25) is 0 Å². The molecule has 0 aliphatic carbocycles. The van der Waals surface area contributed by atoms with Crippen molar-refractivity contribution in [3.05, 3.63) is 12.3 Å². The van der Waals surface area contributed by atoms with Gasteiger partial charge in [0.05, 0.1) is 6.17 Å². The molecule has 0 aromatic carbocycles. The molecule has 0 radical (unpaired) electrons. The first-order valence-electron chi connectivity index (χ1n) is 3.46. The van der Waals surface area contributed by atoms with Gasteiger partial charge in [0.15, 0.2) is 0 Å². The first-order valence-corrected chi connectivity index (χ1v) is 3.46. The fraction of sp³-hybridized carbons (Fsp3) is 0.714. The minimum Gasteiger partial charge on any atom is -0.365 e. The van der Waals surface area contributed by atoms with E-state index in [0.29, 0.717) is 6.17 Å². The Morgan fingerprint density at radius 1 is 1.78 bits per heavy atom. The first kappa shape index (κ1) is 6.62. The van der Waals surface area contributed by atoms with Crippen molar-refractivity contribution < 1.29 is 0 Å². The highest BCUT2D eigenvalue weighted by atomic mass is 15.2. The molecule has 0 fully saturated rings. The predicted octanol–water partition coefficient (Wildman–Crippen LogP) is 0.771. The average Bonchev–Trinajstić information content (AvgIpc) is 1.89. The van der Waals surface area contributed by atoms with E-state index in [4.69, 9.17) is 0 Å². The van der Waals surface area contributed by atoms with Crippen molar-refractivity contribution in [2.75, 3.05) is 13.6 Å². The van der Waals surface area contributed by atoms with Crippen molar-refractivity contribution >= 4 is 0 Å². The molecule has 0 aromatic heterocycles. The van der Waals surface area contributed by atoms with Crippen LogP contribution in [0.5, 0.6) is 0 Å². The van der Waals surface area contributed by atoms with Crippen LogP contribution in [0.4, 0.5) is 0 Å². The second kappa shape index (κ2) is 2.87. The van der Waals surface area contributed by atoms with E-state index in [1.165, 1.54) is 6.42 Å². The van der Waals surface area contributed by atoms with Crippen molar-refractivity contribution in [3.8, 4) is 0 Å². The number of rotatable bonds is 1. The molecule has 1 atom stereocenters. The van der Waals surface area contributed by atoms with E-state index in [9.17, 15) is 0 Å². The van der Waals surface area contributed by atoms with Crippen LogP contribution in [0.15, 0.2) is 12.3 Å². The molecule has 0 bridgehead atoms. The molecule has 0 saturated heterocycles. The van der Waals surface area contributed by atoms with E-state index in [2.05, 4.69) is 36.5 Å². The highest BCUT2D eigenvalue weighted by Gasteiger charge is 2.09. The Labute approximate surface area is 56.5 Å². The Morgan fingerprint density at radius 3 is 3.00 bits per heavy atom. The third kappa shape index (κ3) is 1.45. The minimum atomic E-state index is 0.551. The maximum atomic E-state index is 3.36. The Kier molecular flexibility index (Phi) is 2.11. The zero-order chi connectivity index (χ0) is 6.69. The Hall–Kier alpha value is -0.500. The zero-order valence-corrected chi connectivity index (χ0v) is 6.09. The SMILES string of the molecule is CCC1NCC=CN1C. The standard InChI is InChI=1S/C7H14N2/c1-3-7-8-5-4-6-9(7)2/h4,6-8H,3,5H2,1-2H3. The lowest BCUT2D eigenvalue weighted by Gasteiger charge is -2.29. The molecule has 2 nitrogen and oxygen atoms in total. The third-order valence-electron chi connectivity index (χ3n) is 1.69. The normalized spacial score (nSPS) is 26.9. The minimum absolute atomic E-state index is 0.551. The van der Waals surface area contributed by atoms with E-state index in [1.54, 1.807) is 0 Å². The topological polar surface area (TPSA) is 15.3 Å². The highest BCUT2D eigenvalue weighted by Crippen LogP contribution is 2.01. The Morgan fingerprint density at radius 2 is 2.56 bits per heavy atom. The van der Waals surface area contributed by atoms with E-state index >= 15 is 0 Å². The van der Waals surface area contributed by atoms with Gasteiger partial charge in [-0.05, 0) is 12.6 Å². The van der Waals surface area contributed by atoms with Crippen molar-refractivity contribution in [2.24, 2.45) is 0 Å². The van der Waals surface area contributed by atoms with Crippen molar-refractivity contribution in [2.45, 2.75) is 19.5 Å². The smallest absolute Gasteiger partial charge is 0.0786 e. The van der Waals surface area contributed by atoms with Gasteiger partial charge >= 0.3 is 0 Å². The summed E-state index contributed by atoms with van der Waals surface area (Å²) >= 11 is 0. The van der Waals surface area contributed by atoms with Crippen LogP contribution in [0.1, 0.15) is 13.3 Å². The van der Waals surface area contributed by atoms with Gasteiger partial charge in [-0.1, -0.05) is 13.0 Å². The Bertz CT molecular complexity index is 109. The predicted molar refractivity (Wildman–Crippen MR) is 39.0 cm³/mol. The number of hydrogen-bond donors (Lipinski definition) is 1. The summed E-state index contributed by atoms with van der Waals surface area (Å²) in [7, 11) is 2.09. The summed E-state index contributed by atoms with van der Waals surface area (Å²) < 4.78 is 0. The van der Waals surface area contributed by atoms with Gasteiger partial charge in [-0.15, -0.1) is 0 Å². The molecule has 9 heavy (non-hydrogen) atoms. The monoisotopic (exact) mass is 126 g/mol. The highest BCUT2D eigenvalue weighted by molar-refractivity contribution is 4.91. The first-order chi connectivity index (χ1) is 4.34. The van der Waals surface area contributed by atoms with Gasteiger partial charge in [-0.25, -0.2) is 0 Å². The largest absolute Gasteiger partial charge is 0.365 e. The molecular weight excluding hydrogens is 112 g/mol. The fourth-order valence-corrected chi connectivity index (χ4v) is 1.10. The van der Waals surface area contributed by atoms with Gasteiger partial charge in [0.2, 0.25) is 0 Å². The number of nitrogens with zero attached hydrogens (tertiary/aromatic N) is 1. The van der Waals surface area contributed by atoms with Crippen molar-refractivity contribution in [3.63, 3.8) is 0 Å². The fourth-order valence-electron chi connectivity index (χ4n) is 1.10. The van der Waals surface area contributed by atoms with Crippen LogP contribution in [0, 0.1) is 0 Å². The van der Waals surface area contributed by atoms with Crippen LogP contribution < -0.4 is 5.32 Å². The molecule has 52 valence electrons. The summed E-state index contributed by atoms with van der Waals surface area (Å²) in [6.07, 6.45) is 5.98. The van der Waals surface area contributed by atoms with Crippen LogP contribution in [0.25, 0.3) is 0 Å². The molecule has 0 amide bonds. The van der Waals surface area contributed by atoms with Crippen molar-refractivity contribution in [1.29, 1.82) is 0 Å². The van der Waals surface area contributed by atoms with Gasteiger partial charge in [0.25, 0.3) is 0 Å². The van der Waals surface area contributed by atoms with Gasteiger partial charge in [-0.2, -0.15) is 0 Å². The third-order valence-corrected chi connectivity index (χ3v) is 1.69. The van der Waals surface area contributed by atoms with Crippen molar-refractivity contribution in [1.82, 2.24) is 10.2 Å². The molecule has 1 aliphatic heterocycles. The molecule has 0 spiro atoms. The average molecular weight is 126 g/mol. The lowest BCUT2D eigenvalue weighted by Crippen LogP contribution is -2.43. The number of nitrogens with one attached hydrogen (secondary N) is 1. The molecule has 2 heteroatoms. The lowest BCUT2D eigenvalue weighted by atomic mass is 10.3. The summed E-state index contributed by atoms with van der Waals surface area (Å²) in [5.41, 5.74) is 0. The molecule has 0 saturated carbocycles. The molecule has 1 rings (SSSR count). The van der Waals surface area contributed by atoms with E-state index < -0.39 is 0 Å². The molecule has 0 aromatic rings. The van der Waals surface area contributed by atoms with E-state index in [1.807, 2.05) is 0 Å². The molecule has 1 heterocycles. The van der Waals surface area contributed by atoms with Crippen LogP contribution >= 0.6 is 0 Å². The zero-order valence-electron chi connectivity index (χ0n) is 6.09. The molecule has 1 aliphatic rings. The molecule has 1 N–H and O–H groups in total.